The molecule has 0 aliphatic carbocycles. The molecular weight excluding hydrogens is 322 g/mol. The van der Waals surface area contributed by atoms with Gasteiger partial charge in [0, 0.05) is 23.9 Å². The summed E-state index contributed by atoms with van der Waals surface area (Å²) < 4.78 is 10.3. The number of carbonyl (C=O) groups is 2. The molecule has 1 fully saturated rings. The Hall–Kier alpha value is -2.93. The van der Waals surface area contributed by atoms with E-state index in [4.69, 9.17) is 9.47 Å². The molecule has 0 radical (unpaired) electrons. The summed E-state index contributed by atoms with van der Waals surface area (Å²) in [7, 11) is 1.52. The first-order valence-corrected chi connectivity index (χ1v) is 7.99. The first kappa shape index (κ1) is 16.9. The molecule has 1 saturated heterocycles. The van der Waals surface area contributed by atoms with E-state index in [9.17, 15) is 9.59 Å². The predicted molar refractivity (Wildman–Crippen MR) is 92.8 cm³/mol. The number of benzene rings is 1. The third-order valence-electron chi connectivity index (χ3n) is 3.82. The Morgan fingerprint density at radius 1 is 1.20 bits per heavy atom. The summed E-state index contributed by atoms with van der Waals surface area (Å²) in [5.74, 6) is -0.00793. The number of anilines is 2. The number of aromatic nitrogens is 1. The molecule has 0 unspecified atom stereocenters. The summed E-state index contributed by atoms with van der Waals surface area (Å²) >= 11 is 0. The van der Waals surface area contributed by atoms with Crippen LogP contribution in [0.3, 0.4) is 0 Å². The quantitative estimate of drug-likeness (QED) is 0.872. The Labute approximate surface area is 145 Å². The van der Waals surface area contributed by atoms with Gasteiger partial charge in [-0.15, -0.1) is 0 Å². The van der Waals surface area contributed by atoms with E-state index in [2.05, 4.69) is 15.6 Å². The van der Waals surface area contributed by atoms with Crippen molar-refractivity contribution in [1.29, 1.82) is 0 Å². The van der Waals surface area contributed by atoms with Crippen molar-refractivity contribution in [3.05, 3.63) is 48.2 Å². The monoisotopic (exact) mass is 341 g/mol. The van der Waals surface area contributed by atoms with Gasteiger partial charge in [0.1, 0.15) is 6.10 Å². The highest BCUT2D eigenvalue weighted by Crippen LogP contribution is 2.17. The minimum absolute atomic E-state index is 0.186. The van der Waals surface area contributed by atoms with E-state index in [-0.39, 0.29) is 11.8 Å². The van der Waals surface area contributed by atoms with Crippen LogP contribution in [0.4, 0.5) is 11.4 Å². The summed E-state index contributed by atoms with van der Waals surface area (Å²) in [4.78, 5) is 28.5. The van der Waals surface area contributed by atoms with Crippen molar-refractivity contribution in [3.63, 3.8) is 0 Å². The van der Waals surface area contributed by atoms with Gasteiger partial charge in [0.25, 0.3) is 11.8 Å². The standard InChI is InChI=1S/C18H19N3O4/c1-24-16-8-7-14(11-19-16)21-17(22)12-4-2-5-13(10-12)20-18(23)15-6-3-9-25-15/h2,4-5,7-8,10-11,15H,3,6,9H2,1H3,(H,20,23)(H,21,22)/t15-/m0/s1. The molecule has 3 rings (SSSR count). The summed E-state index contributed by atoms with van der Waals surface area (Å²) in [6.07, 6.45) is 2.70. The number of hydrogen-bond acceptors (Lipinski definition) is 5. The molecule has 7 heteroatoms. The number of pyridine rings is 1. The van der Waals surface area contributed by atoms with Crippen molar-refractivity contribution >= 4 is 23.2 Å². The average Bonchev–Trinajstić information content (AvgIpc) is 3.17. The smallest absolute Gasteiger partial charge is 0.255 e. The largest absolute Gasteiger partial charge is 0.481 e. The SMILES string of the molecule is COc1ccc(NC(=O)c2cccc(NC(=O)[C@@H]3CCCO3)c2)cn1. The Bertz CT molecular complexity index is 755. The minimum atomic E-state index is -0.414. The molecule has 0 bridgehead atoms. The zero-order valence-electron chi connectivity index (χ0n) is 13.8. The summed E-state index contributed by atoms with van der Waals surface area (Å²) in [5, 5.41) is 5.54. The van der Waals surface area contributed by atoms with Gasteiger partial charge in [0.05, 0.1) is 19.0 Å². The van der Waals surface area contributed by atoms with E-state index < -0.39 is 6.10 Å². The molecule has 1 aromatic carbocycles. The highest BCUT2D eigenvalue weighted by Gasteiger charge is 2.23. The van der Waals surface area contributed by atoms with Crippen LogP contribution in [-0.4, -0.2) is 36.6 Å². The minimum Gasteiger partial charge on any atom is -0.481 e. The lowest BCUT2D eigenvalue weighted by Crippen LogP contribution is -2.27. The van der Waals surface area contributed by atoms with E-state index in [1.54, 1.807) is 36.4 Å². The molecule has 0 saturated carbocycles. The molecule has 25 heavy (non-hydrogen) atoms. The summed E-state index contributed by atoms with van der Waals surface area (Å²) in [5.41, 5.74) is 1.54. The Morgan fingerprint density at radius 2 is 2.08 bits per heavy atom. The van der Waals surface area contributed by atoms with Crippen LogP contribution < -0.4 is 15.4 Å². The van der Waals surface area contributed by atoms with Crippen molar-refractivity contribution in [2.45, 2.75) is 18.9 Å². The fraction of sp³-hybridized carbons (Fsp3) is 0.278. The molecular formula is C18H19N3O4. The van der Waals surface area contributed by atoms with Gasteiger partial charge in [-0.1, -0.05) is 6.07 Å². The number of nitrogens with one attached hydrogen (secondary N) is 2. The fourth-order valence-corrected chi connectivity index (χ4v) is 2.52. The van der Waals surface area contributed by atoms with Gasteiger partial charge < -0.3 is 20.1 Å². The molecule has 2 N–H and O–H groups in total. The van der Waals surface area contributed by atoms with Gasteiger partial charge in [0.15, 0.2) is 0 Å². The van der Waals surface area contributed by atoms with Crippen molar-refractivity contribution in [2.75, 3.05) is 24.4 Å². The second-order valence-electron chi connectivity index (χ2n) is 5.62. The van der Waals surface area contributed by atoms with E-state index in [0.29, 0.717) is 29.4 Å². The maximum atomic E-state index is 12.4. The number of amides is 2. The van der Waals surface area contributed by atoms with Gasteiger partial charge in [-0.2, -0.15) is 0 Å². The van der Waals surface area contributed by atoms with Gasteiger partial charge in [0.2, 0.25) is 5.88 Å². The molecule has 2 heterocycles. The third kappa shape index (κ3) is 4.33. The number of rotatable bonds is 5. The Balaban J connectivity index is 1.65. The predicted octanol–water partition coefficient (Wildman–Crippen LogP) is 2.46. The number of ether oxygens (including phenoxy) is 2. The zero-order chi connectivity index (χ0) is 17.6. The number of carbonyl (C=O) groups excluding carboxylic acids is 2. The Morgan fingerprint density at radius 3 is 2.76 bits per heavy atom. The van der Waals surface area contributed by atoms with Crippen LogP contribution >= 0.6 is 0 Å². The molecule has 0 spiro atoms. The van der Waals surface area contributed by atoms with E-state index in [1.165, 1.54) is 13.3 Å². The molecule has 2 aromatic rings. The molecule has 1 aliphatic heterocycles. The second-order valence-corrected chi connectivity index (χ2v) is 5.62. The number of methoxy groups -OCH3 is 1. The number of hydrogen-bond donors (Lipinski definition) is 2. The zero-order valence-corrected chi connectivity index (χ0v) is 13.8. The summed E-state index contributed by atoms with van der Waals surface area (Å²) in [6.45, 7) is 0.608. The van der Waals surface area contributed by atoms with Gasteiger partial charge in [-0.25, -0.2) is 4.98 Å². The van der Waals surface area contributed by atoms with Gasteiger partial charge in [-0.05, 0) is 37.1 Å². The molecule has 1 atom stereocenters. The molecule has 130 valence electrons. The second kappa shape index (κ2) is 7.76. The average molecular weight is 341 g/mol. The topological polar surface area (TPSA) is 89.6 Å². The summed E-state index contributed by atoms with van der Waals surface area (Å²) in [6, 6.07) is 10.1. The normalized spacial score (nSPS) is 16.3. The highest BCUT2D eigenvalue weighted by atomic mass is 16.5. The van der Waals surface area contributed by atoms with E-state index in [1.807, 2.05) is 0 Å². The van der Waals surface area contributed by atoms with Crippen LogP contribution in [0.5, 0.6) is 5.88 Å². The van der Waals surface area contributed by atoms with Crippen LogP contribution in [-0.2, 0) is 9.53 Å². The van der Waals surface area contributed by atoms with Crippen LogP contribution in [0.25, 0.3) is 0 Å². The molecule has 1 aromatic heterocycles. The molecule has 7 nitrogen and oxygen atoms in total. The van der Waals surface area contributed by atoms with Crippen LogP contribution in [0, 0.1) is 0 Å². The maximum Gasteiger partial charge on any atom is 0.255 e. The maximum absolute atomic E-state index is 12.4. The lowest BCUT2D eigenvalue weighted by molar-refractivity contribution is -0.124. The number of nitrogens with zero attached hydrogens (tertiary/aromatic N) is 1. The van der Waals surface area contributed by atoms with Crippen molar-refractivity contribution in [1.82, 2.24) is 4.98 Å². The fourth-order valence-electron chi connectivity index (χ4n) is 2.52. The highest BCUT2D eigenvalue weighted by molar-refractivity contribution is 6.05. The van der Waals surface area contributed by atoms with Crippen LogP contribution in [0.15, 0.2) is 42.6 Å². The first-order valence-electron chi connectivity index (χ1n) is 7.99. The Kier molecular flexibility index (Phi) is 5.25. The van der Waals surface area contributed by atoms with E-state index >= 15 is 0 Å². The van der Waals surface area contributed by atoms with Gasteiger partial charge >= 0.3 is 0 Å². The van der Waals surface area contributed by atoms with E-state index in [0.717, 1.165) is 12.8 Å². The van der Waals surface area contributed by atoms with Crippen LogP contribution in [0.2, 0.25) is 0 Å². The van der Waals surface area contributed by atoms with Gasteiger partial charge in [-0.3, -0.25) is 9.59 Å². The van der Waals surface area contributed by atoms with Crippen molar-refractivity contribution in [3.8, 4) is 5.88 Å². The third-order valence-corrected chi connectivity index (χ3v) is 3.82. The lowest BCUT2D eigenvalue weighted by atomic mass is 10.1. The molecule has 1 aliphatic rings. The molecule has 2 amide bonds. The van der Waals surface area contributed by atoms with Crippen molar-refractivity contribution < 1.29 is 19.1 Å². The van der Waals surface area contributed by atoms with Crippen LogP contribution in [0.1, 0.15) is 23.2 Å². The first-order chi connectivity index (χ1) is 12.2. The van der Waals surface area contributed by atoms with Crippen molar-refractivity contribution in [2.24, 2.45) is 0 Å². The lowest BCUT2D eigenvalue weighted by Gasteiger charge is -2.11.